The lowest BCUT2D eigenvalue weighted by atomic mass is 9.99. The smallest absolute Gasteiger partial charge is 0.326 e. The van der Waals surface area contributed by atoms with Crippen molar-refractivity contribution < 1.29 is 34.2 Å². The molecule has 0 rings (SSSR count). The minimum Gasteiger partial charge on any atom is -0.480 e. The standard InChI is InChI=1S/C19H35N5O7/c1-6-10(4)16(19(30)31)23-13(27)8-21-12(26)7-22-18(29)15(9(2)3)24-17(28)14(20)11(5)25/h9-11,14-16,25H,6-8,20H2,1-5H3,(H,21,26)(H,22,29)(H,23,27)(H,24,28)(H,30,31). The van der Waals surface area contributed by atoms with E-state index in [2.05, 4.69) is 21.3 Å². The highest BCUT2D eigenvalue weighted by atomic mass is 16.4. The topological polar surface area (TPSA) is 200 Å². The molecule has 0 radical (unpaired) electrons. The molecular formula is C19H35N5O7. The molecule has 5 atom stereocenters. The number of aliphatic hydroxyl groups excluding tert-OH is 1. The Balaban J connectivity index is 4.62. The molecule has 0 saturated carbocycles. The summed E-state index contributed by atoms with van der Waals surface area (Å²) < 4.78 is 0. The average molecular weight is 446 g/mol. The van der Waals surface area contributed by atoms with Crippen LogP contribution in [0.4, 0.5) is 0 Å². The van der Waals surface area contributed by atoms with Gasteiger partial charge in [0, 0.05) is 0 Å². The molecule has 0 saturated heterocycles. The van der Waals surface area contributed by atoms with Gasteiger partial charge in [-0.2, -0.15) is 0 Å². The molecule has 0 bridgehead atoms. The number of carbonyl (C=O) groups is 5. The molecule has 12 nitrogen and oxygen atoms in total. The third-order valence-electron chi connectivity index (χ3n) is 4.73. The molecule has 0 aromatic heterocycles. The average Bonchev–Trinajstić information content (AvgIpc) is 2.70. The molecule has 178 valence electrons. The molecule has 0 spiro atoms. The third kappa shape index (κ3) is 10.2. The van der Waals surface area contributed by atoms with Crippen LogP contribution in [-0.2, 0) is 24.0 Å². The second kappa shape index (κ2) is 13.5. The maximum atomic E-state index is 12.3. The molecule has 0 fully saturated rings. The van der Waals surface area contributed by atoms with Crippen LogP contribution in [0.25, 0.3) is 0 Å². The molecule has 8 N–H and O–H groups in total. The summed E-state index contributed by atoms with van der Waals surface area (Å²) in [6.45, 7) is 7.27. The quantitative estimate of drug-likeness (QED) is 0.164. The highest BCUT2D eigenvalue weighted by Crippen LogP contribution is 2.07. The van der Waals surface area contributed by atoms with Gasteiger partial charge in [0.05, 0.1) is 19.2 Å². The minimum atomic E-state index is -1.21. The van der Waals surface area contributed by atoms with Crippen LogP contribution in [0.15, 0.2) is 0 Å². The predicted molar refractivity (Wildman–Crippen MR) is 111 cm³/mol. The number of carbonyl (C=O) groups excluding carboxylic acids is 4. The summed E-state index contributed by atoms with van der Waals surface area (Å²) >= 11 is 0. The predicted octanol–water partition coefficient (Wildman–Crippen LogP) is -2.32. The number of amides is 4. The number of carboxylic acid groups (broad SMARTS) is 1. The number of aliphatic hydroxyl groups is 1. The van der Waals surface area contributed by atoms with Crippen molar-refractivity contribution in [3.8, 4) is 0 Å². The summed E-state index contributed by atoms with van der Waals surface area (Å²) in [7, 11) is 0. The van der Waals surface area contributed by atoms with Gasteiger partial charge in [-0.25, -0.2) is 4.79 Å². The maximum Gasteiger partial charge on any atom is 0.326 e. The Morgan fingerprint density at radius 2 is 1.39 bits per heavy atom. The van der Waals surface area contributed by atoms with Crippen LogP contribution in [0.1, 0.15) is 41.0 Å². The van der Waals surface area contributed by atoms with E-state index in [-0.39, 0.29) is 11.8 Å². The van der Waals surface area contributed by atoms with Crippen molar-refractivity contribution in [1.29, 1.82) is 0 Å². The van der Waals surface area contributed by atoms with Gasteiger partial charge in [0.15, 0.2) is 0 Å². The number of carboxylic acids is 1. The first-order valence-corrected chi connectivity index (χ1v) is 10.1. The second-order valence-electron chi connectivity index (χ2n) is 7.76. The normalized spacial score (nSPS) is 15.7. The van der Waals surface area contributed by atoms with E-state index in [4.69, 9.17) is 10.8 Å². The van der Waals surface area contributed by atoms with Crippen molar-refractivity contribution in [2.75, 3.05) is 13.1 Å². The minimum absolute atomic E-state index is 0.290. The van der Waals surface area contributed by atoms with E-state index in [0.29, 0.717) is 6.42 Å². The van der Waals surface area contributed by atoms with Crippen LogP contribution < -0.4 is 27.0 Å². The fourth-order valence-electron chi connectivity index (χ4n) is 2.43. The second-order valence-corrected chi connectivity index (χ2v) is 7.76. The first kappa shape index (κ1) is 28.3. The molecule has 31 heavy (non-hydrogen) atoms. The summed E-state index contributed by atoms with van der Waals surface area (Å²) in [6.07, 6.45) is -0.556. The van der Waals surface area contributed by atoms with Crippen LogP contribution in [0.2, 0.25) is 0 Å². The summed E-state index contributed by atoms with van der Waals surface area (Å²) in [6, 6.07) is -3.27. The lowest BCUT2D eigenvalue weighted by molar-refractivity contribution is -0.143. The van der Waals surface area contributed by atoms with Crippen molar-refractivity contribution in [2.45, 2.75) is 65.3 Å². The summed E-state index contributed by atoms with van der Waals surface area (Å²) in [4.78, 5) is 59.4. The number of aliphatic carboxylic acids is 1. The SMILES string of the molecule is CCC(C)C(NC(=O)CNC(=O)CNC(=O)C(NC(=O)C(N)C(C)O)C(C)C)C(=O)O. The Morgan fingerprint density at radius 1 is 0.839 bits per heavy atom. The van der Waals surface area contributed by atoms with E-state index in [1.807, 2.05) is 0 Å². The molecule has 0 aliphatic heterocycles. The van der Waals surface area contributed by atoms with E-state index in [1.54, 1.807) is 27.7 Å². The molecular weight excluding hydrogens is 410 g/mol. The van der Waals surface area contributed by atoms with Crippen molar-refractivity contribution in [3.05, 3.63) is 0 Å². The molecule has 0 aromatic carbocycles. The Morgan fingerprint density at radius 3 is 1.84 bits per heavy atom. The van der Waals surface area contributed by atoms with Crippen LogP contribution in [-0.4, -0.2) is 77.1 Å². The molecule has 0 aliphatic rings. The number of nitrogens with one attached hydrogen (secondary N) is 4. The zero-order valence-corrected chi connectivity index (χ0v) is 18.6. The molecule has 12 heteroatoms. The first-order valence-electron chi connectivity index (χ1n) is 10.1. The first-order chi connectivity index (χ1) is 14.3. The molecule has 0 heterocycles. The molecule has 4 amide bonds. The van der Waals surface area contributed by atoms with Gasteiger partial charge in [-0.1, -0.05) is 34.1 Å². The van der Waals surface area contributed by atoms with Crippen LogP contribution in [0, 0.1) is 11.8 Å². The van der Waals surface area contributed by atoms with Gasteiger partial charge in [-0.3, -0.25) is 19.2 Å². The molecule has 5 unspecified atom stereocenters. The number of nitrogens with two attached hydrogens (primary N) is 1. The van der Waals surface area contributed by atoms with Crippen LogP contribution in [0.5, 0.6) is 0 Å². The Kier molecular flexibility index (Phi) is 12.4. The zero-order chi connectivity index (χ0) is 24.3. The Hall–Kier alpha value is -2.73. The monoisotopic (exact) mass is 445 g/mol. The van der Waals surface area contributed by atoms with E-state index in [1.165, 1.54) is 6.92 Å². The largest absolute Gasteiger partial charge is 0.480 e. The number of hydrogen-bond acceptors (Lipinski definition) is 7. The van der Waals surface area contributed by atoms with Crippen molar-refractivity contribution in [1.82, 2.24) is 21.3 Å². The van der Waals surface area contributed by atoms with Gasteiger partial charge in [-0.05, 0) is 18.8 Å². The summed E-state index contributed by atoms with van der Waals surface area (Å²) in [5, 5.41) is 28.0. The number of rotatable bonds is 13. The van der Waals surface area contributed by atoms with E-state index in [9.17, 15) is 29.1 Å². The summed E-state index contributed by atoms with van der Waals surface area (Å²) in [5.74, 6) is -4.48. The lowest BCUT2D eigenvalue weighted by Gasteiger charge is -2.24. The van der Waals surface area contributed by atoms with Crippen LogP contribution in [0.3, 0.4) is 0 Å². The van der Waals surface area contributed by atoms with Gasteiger partial charge in [0.25, 0.3) is 0 Å². The fourth-order valence-corrected chi connectivity index (χ4v) is 2.43. The Labute approximate surface area is 181 Å². The van der Waals surface area contributed by atoms with Crippen molar-refractivity contribution in [2.24, 2.45) is 17.6 Å². The fraction of sp³-hybridized carbons (Fsp3) is 0.737. The van der Waals surface area contributed by atoms with Crippen molar-refractivity contribution >= 4 is 29.6 Å². The molecule has 0 aromatic rings. The highest BCUT2D eigenvalue weighted by molar-refractivity contribution is 5.93. The van der Waals surface area contributed by atoms with E-state index in [0.717, 1.165) is 0 Å². The van der Waals surface area contributed by atoms with Gasteiger partial charge >= 0.3 is 5.97 Å². The summed E-state index contributed by atoms with van der Waals surface area (Å²) in [5.41, 5.74) is 5.55. The van der Waals surface area contributed by atoms with E-state index < -0.39 is 66.9 Å². The van der Waals surface area contributed by atoms with Crippen LogP contribution >= 0.6 is 0 Å². The van der Waals surface area contributed by atoms with Gasteiger partial charge in [0.1, 0.15) is 18.1 Å². The van der Waals surface area contributed by atoms with Gasteiger partial charge in [0.2, 0.25) is 23.6 Å². The molecule has 0 aliphatic carbocycles. The lowest BCUT2D eigenvalue weighted by Crippen LogP contribution is -2.56. The maximum absolute atomic E-state index is 12.3. The van der Waals surface area contributed by atoms with Crippen molar-refractivity contribution in [3.63, 3.8) is 0 Å². The zero-order valence-electron chi connectivity index (χ0n) is 18.6. The van der Waals surface area contributed by atoms with Gasteiger partial charge < -0.3 is 37.2 Å². The third-order valence-corrected chi connectivity index (χ3v) is 4.73. The number of hydrogen-bond donors (Lipinski definition) is 7. The Bertz CT molecular complexity index is 654. The van der Waals surface area contributed by atoms with Gasteiger partial charge in [-0.15, -0.1) is 0 Å². The highest BCUT2D eigenvalue weighted by Gasteiger charge is 2.28. The van der Waals surface area contributed by atoms with E-state index >= 15 is 0 Å².